The van der Waals surface area contributed by atoms with E-state index >= 15 is 0 Å². The minimum Gasteiger partial charge on any atom is -0.291 e. The summed E-state index contributed by atoms with van der Waals surface area (Å²) in [5, 5.41) is 8.91. The standard InChI is InChI=1S/C36H19N3S/c1-2-9-22-20(7-1)8-5-10-23(22)21-15-17-30-26(19-21)33-31(40-30)18-16-29-32(33)24-11-6-12-25-34-36(39(29)35(24)25)38-28-14-4-3-13-27(28)37-34/h1-19H. The summed E-state index contributed by atoms with van der Waals surface area (Å²) >= 11 is 1.87. The molecule has 3 nitrogen and oxygen atoms in total. The van der Waals surface area contributed by atoms with Crippen molar-refractivity contribution in [2.24, 2.45) is 0 Å². The molecular formula is C36H19N3S. The lowest BCUT2D eigenvalue weighted by Gasteiger charge is -2.07. The molecule has 6 aromatic carbocycles. The van der Waals surface area contributed by atoms with Gasteiger partial charge in [-0.05, 0) is 58.3 Å². The topological polar surface area (TPSA) is 30.2 Å². The van der Waals surface area contributed by atoms with Crippen LogP contribution < -0.4 is 0 Å². The van der Waals surface area contributed by atoms with Crippen molar-refractivity contribution >= 4 is 91.7 Å². The predicted octanol–water partition coefficient (Wildman–Crippen LogP) is 9.97. The van der Waals surface area contributed by atoms with E-state index in [9.17, 15) is 0 Å². The lowest BCUT2D eigenvalue weighted by molar-refractivity contribution is 1.28. The fourth-order valence-corrected chi connectivity index (χ4v) is 7.90. The van der Waals surface area contributed by atoms with Gasteiger partial charge in [-0.2, -0.15) is 0 Å². The molecule has 0 aliphatic rings. The molecule has 0 saturated heterocycles. The second kappa shape index (κ2) is 7.32. The van der Waals surface area contributed by atoms with Crippen LogP contribution in [0.25, 0.3) is 91.5 Å². The highest BCUT2D eigenvalue weighted by molar-refractivity contribution is 7.26. The van der Waals surface area contributed by atoms with Gasteiger partial charge in [-0.3, -0.25) is 4.40 Å². The Morgan fingerprint density at radius 2 is 1.30 bits per heavy atom. The molecule has 4 aromatic heterocycles. The van der Waals surface area contributed by atoms with Crippen LogP contribution in [0.5, 0.6) is 0 Å². The Morgan fingerprint density at radius 1 is 0.550 bits per heavy atom. The fourth-order valence-electron chi connectivity index (χ4n) is 6.81. The predicted molar refractivity (Wildman–Crippen MR) is 170 cm³/mol. The maximum absolute atomic E-state index is 5.13. The van der Waals surface area contributed by atoms with E-state index in [0.717, 1.165) is 27.6 Å². The van der Waals surface area contributed by atoms with Gasteiger partial charge in [0.1, 0.15) is 5.52 Å². The van der Waals surface area contributed by atoms with E-state index in [4.69, 9.17) is 9.97 Å². The number of hydrogen-bond acceptors (Lipinski definition) is 3. The Hall–Kier alpha value is -5.06. The quantitative estimate of drug-likeness (QED) is 0.213. The summed E-state index contributed by atoms with van der Waals surface area (Å²) in [7, 11) is 0. The molecule has 0 aliphatic heterocycles. The molecule has 4 heteroatoms. The summed E-state index contributed by atoms with van der Waals surface area (Å²) in [5.74, 6) is 0. The van der Waals surface area contributed by atoms with Crippen LogP contribution in [0.4, 0.5) is 0 Å². The summed E-state index contributed by atoms with van der Waals surface area (Å²) < 4.78 is 4.96. The first kappa shape index (κ1) is 20.8. The largest absolute Gasteiger partial charge is 0.291 e. The number of para-hydroxylation sites is 3. The average Bonchev–Trinajstić information content (AvgIpc) is 3.65. The SMILES string of the molecule is c1ccc2c(-c3ccc4sc5ccc6c(c7cccc8c9nc%10ccccc%10nc9n6c87)c5c4c3)cccc2c1. The zero-order chi connectivity index (χ0) is 25.9. The Balaban J connectivity index is 1.37. The maximum Gasteiger partial charge on any atom is 0.165 e. The molecule has 0 bridgehead atoms. The molecule has 0 radical (unpaired) electrons. The third-order valence-electron chi connectivity index (χ3n) is 8.50. The Kier molecular flexibility index (Phi) is 3.81. The molecule has 0 aliphatic carbocycles. The highest BCUT2D eigenvalue weighted by atomic mass is 32.1. The number of hydrogen-bond donors (Lipinski definition) is 0. The Bertz CT molecular complexity index is 2650. The van der Waals surface area contributed by atoms with E-state index in [1.54, 1.807) is 0 Å². The molecule has 0 atom stereocenters. The average molecular weight is 526 g/mol. The van der Waals surface area contributed by atoms with E-state index in [1.165, 1.54) is 63.9 Å². The Labute approximate surface area is 231 Å². The van der Waals surface area contributed by atoms with Crippen molar-refractivity contribution in [2.45, 2.75) is 0 Å². The zero-order valence-corrected chi connectivity index (χ0v) is 22.0. The van der Waals surface area contributed by atoms with Crippen LogP contribution in [0, 0.1) is 0 Å². The van der Waals surface area contributed by atoms with Gasteiger partial charge in [0.05, 0.1) is 22.1 Å². The van der Waals surface area contributed by atoms with E-state index < -0.39 is 0 Å². The van der Waals surface area contributed by atoms with Gasteiger partial charge in [0.15, 0.2) is 5.65 Å². The number of rotatable bonds is 1. The molecule has 0 unspecified atom stereocenters. The minimum atomic E-state index is 0.922. The first-order chi connectivity index (χ1) is 19.8. The Morgan fingerprint density at radius 3 is 2.25 bits per heavy atom. The second-order valence-electron chi connectivity index (χ2n) is 10.6. The van der Waals surface area contributed by atoms with Crippen LogP contribution in [0.15, 0.2) is 115 Å². The number of thiophene rings is 1. The number of aromatic nitrogens is 3. The van der Waals surface area contributed by atoms with Crippen molar-refractivity contribution in [1.29, 1.82) is 0 Å². The van der Waals surface area contributed by atoms with E-state index in [1.807, 2.05) is 35.6 Å². The molecule has 40 heavy (non-hydrogen) atoms. The summed E-state index contributed by atoms with van der Waals surface area (Å²) in [5.41, 5.74) is 8.67. The van der Waals surface area contributed by atoms with Crippen molar-refractivity contribution in [3.05, 3.63) is 115 Å². The monoisotopic (exact) mass is 525 g/mol. The van der Waals surface area contributed by atoms with E-state index in [0.29, 0.717) is 0 Å². The van der Waals surface area contributed by atoms with E-state index in [2.05, 4.69) is 95.4 Å². The third-order valence-corrected chi connectivity index (χ3v) is 9.64. The minimum absolute atomic E-state index is 0.922. The molecular weight excluding hydrogens is 506 g/mol. The summed E-state index contributed by atoms with van der Waals surface area (Å²) in [6.07, 6.45) is 0. The van der Waals surface area contributed by atoms with Crippen LogP contribution >= 0.6 is 11.3 Å². The van der Waals surface area contributed by atoms with Crippen LogP contribution in [0.2, 0.25) is 0 Å². The maximum atomic E-state index is 5.13. The number of benzene rings is 6. The second-order valence-corrected chi connectivity index (χ2v) is 11.7. The van der Waals surface area contributed by atoms with Crippen LogP contribution in [0.1, 0.15) is 0 Å². The molecule has 0 saturated carbocycles. The smallest absolute Gasteiger partial charge is 0.165 e. The van der Waals surface area contributed by atoms with Crippen molar-refractivity contribution < 1.29 is 0 Å². The first-order valence-electron chi connectivity index (χ1n) is 13.5. The van der Waals surface area contributed by atoms with Crippen LogP contribution in [0.3, 0.4) is 0 Å². The van der Waals surface area contributed by atoms with Crippen LogP contribution in [-0.2, 0) is 0 Å². The molecule has 184 valence electrons. The lowest BCUT2D eigenvalue weighted by atomic mass is 9.96. The third kappa shape index (κ3) is 2.54. The highest BCUT2D eigenvalue weighted by Crippen LogP contribution is 2.46. The van der Waals surface area contributed by atoms with Crippen molar-refractivity contribution in [1.82, 2.24) is 14.4 Å². The van der Waals surface area contributed by atoms with Gasteiger partial charge in [-0.15, -0.1) is 11.3 Å². The van der Waals surface area contributed by atoms with Crippen molar-refractivity contribution in [2.75, 3.05) is 0 Å². The lowest BCUT2D eigenvalue weighted by Crippen LogP contribution is -1.88. The van der Waals surface area contributed by atoms with Gasteiger partial charge in [0.25, 0.3) is 0 Å². The van der Waals surface area contributed by atoms with Gasteiger partial charge < -0.3 is 0 Å². The van der Waals surface area contributed by atoms with Crippen LogP contribution in [-0.4, -0.2) is 14.4 Å². The molecule has 0 N–H and O–H groups in total. The van der Waals surface area contributed by atoms with Gasteiger partial charge in [0, 0.05) is 36.3 Å². The van der Waals surface area contributed by atoms with E-state index in [-0.39, 0.29) is 0 Å². The van der Waals surface area contributed by atoms with Gasteiger partial charge in [-0.25, -0.2) is 9.97 Å². The van der Waals surface area contributed by atoms with Gasteiger partial charge in [-0.1, -0.05) is 78.9 Å². The van der Waals surface area contributed by atoms with Crippen molar-refractivity contribution in [3.8, 4) is 11.1 Å². The molecule has 0 fully saturated rings. The molecule has 10 rings (SSSR count). The molecule has 0 spiro atoms. The van der Waals surface area contributed by atoms with Crippen molar-refractivity contribution in [3.63, 3.8) is 0 Å². The normalized spacial score (nSPS) is 12.5. The summed E-state index contributed by atoms with van der Waals surface area (Å²) in [4.78, 5) is 10.2. The number of fused-ring (bicyclic) bond motifs is 12. The first-order valence-corrected chi connectivity index (χ1v) is 14.3. The molecule has 0 amide bonds. The highest BCUT2D eigenvalue weighted by Gasteiger charge is 2.22. The number of nitrogens with zero attached hydrogens (tertiary/aromatic N) is 3. The van der Waals surface area contributed by atoms with Gasteiger partial charge >= 0.3 is 0 Å². The molecule has 4 heterocycles. The zero-order valence-electron chi connectivity index (χ0n) is 21.2. The molecule has 10 aromatic rings. The van der Waals surface area contributed by atoms with Gasteiger partial charge in [0.2, 0.25) is 0 Å². The fraction of sp³-hybridized carbons (Fsp3) is 0. The summed E-state index contributed by atoms with van der Waals surface area (Å²) in [6, 6.07) is 41.5. The summed E-state index contributed by atoms with van der Waals surface area (Å²) in [6.45, 7) is 0.